The molecule has 0 aliphatic heterocycles. The van der Waals surface area contributed by atoms with E-state index in [9.17, 15) is 4.79 Å². The van der Waals surface area contributed by atoms with Crippen molar-refractivity contribution in [3.63, 3.8) is 0 Å². The van der Waals surface area contributed by atoms with Gasteiger partial charge in [-0.3, -0.25) is 9.78 Å². The van der Waals surface area contributed by atoms with Gasteiger partial charge in [0.25, 0.3) is 0 Å². The Hall–Kier alpha value is -1.10. The van der Waals surface area contributed by atoms with Gasteiger partial charge in [0.2, 0.25) is 5.91 Å². The summed E-state index contributed by atoms with van der Waals surface area (Å²) in [5.74, 6) is 0.310. The molecule has 3 rings (SSSR count). The molecule has 1 amide bonds. The van der Waals surface area contributed by atoms with Crippen molar-refractivity contribution in [3.8, 4) is 5.75 Å². The molecule has 0 aromatic carbocycles. The first-order valence-electron chi connectivity index (χ1n) is 7.03. The first-order chi connectivity index (χ1) is 9.41. The van der Waals surface area contributed by atoms with Crippen LogP contribution < -0.4 is 10.5 Å². The Balaban J connectivity index is 1.61. The van der Waals surface area contributed by atoms with Gasteiger partial charge in [-0.1, -0.05) is 22.4 Å². The number of halogens is 1. The van der Waals surface area contributed by atoms with E-state index in [0.29, 0.717) is 17.2 Å². The molecule has 2 fully saturated rings. The van der Waals surface area contributed by atoms with Crippen LogP contribution in [0.4, 0.5) is 0 Å². The molecule has 0 radical (unpaired) electrons. The Bertz CT molecular complexity index is 515. The second kappa shape index (κ2) is 4.72. The second-order valence-electron chi connectivity index (χ2n) is 6.25. The van der Waals surface area contributed by atoms with Gasteiger partial charge in [0.15, 0.2) is 0 Å². The van der Waals surface area contributed by atoms with E-state index in [4.69, 9.17) is 10.5 Å². The zero-order chi connectivity index (χ0) is 14.4. The van der Waals surface area contributed by atoms with E-state index in [0.717, 1.165) is 5.75 Å². The van der Waals surface area contributed by atoms with E-state index in [1.165, 1.54) is 32.1 Å². The van der Waals surface area contributed by atoms with E-state index in [-0.39, 0.29) is 0 Å². The smallest absolute Gasteiger partial charge is 0.240 e. The molecule has 5 heteroatoms. The molecule has 2 saturated carbocycles. The molecule has 1 aromatic rings. The van der Waals surface area contributed by atoms with Crippen molar-refractivity contribution >= 4 is 21.8 Å². The fourth-order valence-electron chi connectivity index (χ4n) is 3.12. The van der Waals surface area contributed by atoms with Crippen LogP contribution in [-0.4, -0.2) is 17.0 Å². The molecule has 1 atom stereocenters. The minimum Gasteiger partial charge on any atom is -0.489 e. The van der Waals surface area contributed by atoms with Crippen molar-refractivity contribution < 1.29 is 9.53 Å². The fourth-order valence-corrected chi connectivity index (χ4v) is 3.36. The Kier molecular flexibility index (Phi) is 3.27. The molecule has 2 N–H and O–H groups in total. The van der Waals surface area contributed by atoms with Crippen molar-refractivity contribution in [3.05, 3.63) is 24.0 Å². The summed E-state index contributed by atoms with van der Waals surface area (Å²) in [5.41, 5.74) is 6.55. The summed E-state index contributed by atoms with van der Waals surface area (Å²) in [4.78, 5) is 15.6. The minimum atomic E-state index is -0.933. The van der Waals surface area contributed by atoms with Crippen molar-refractivity contribution in [1.82, 2.24) is 4.98 Å². The topological polar surface area (TPSA) is 65.2 Å². The molecule has 2 aliphatic carbocycles. The third-order valence-electron chi connectivity index (χ3n) is 4.72. The SMILES string of the molecule is CC(Br)(C(N)=O)c1ccc(OC2CC3(CCC3)C2)cn1. The number of carbonyl (C=O) groups is 1. The molecule has 1 heterocycles. The Morgan fingerprint density at radius 2 is 2.20 bits per heavy atom. The highest BCUT2D eigenvalue weighted by atomic mass is 79.9. The normalized spacial score (nSPS) is 23.5. The van der Waals surface area contributed by atoms with Gasteiger partial charge in [-0.2, -0.15) is 0 Å². The first kappa shape index (κ1) is 13.9. The average molecular weight is 339 g/mol. The minimum absolute atomic E-state index is 0.328. The highest BCUT2D eigenvalue weighted by Gasteiger charge is 2.49. The summed E-state index contributed by atoms with van der Waals surface area (Å²) in [6.45, 7) is 1.70. The van der Waals surface area contributed by atoms with Gasteiger partial charge in [0.1, 0.15) is 10.1 Å². The number of amides is 1. The fraction of sp³-hybridized carbons (Fsp3) is 0.600. The zero-order valence-electron chi connectivity index (χ0n) is 11.6. The summed E-state index contributed by atoms with van der Waals surface area (Å²) >= 11 is 3.31. The quantitative estimate of drug-likeness (QED) is 0.858. The summed E-state index contributed by atoms with van der Waals surface area (Å²) in [6.07, 6.45) is 8.45. The third-order valence-corrected chi connectivity index (χ3v) is 5.52. The summed E-state index contributed by atoms with van der Waals surface area (Å²) in [7, 11) is 0. The van der Waals surface area contributed by atoms with Crippen LogP contribution in [0.15, 0.2) is 18.3 Å². The Labute approximate surface area is 127 Å². The van der Waals surface area contributed by atoms with Gasteiger partial charge < -0.3 is 10.5 Å². The molecule has 1 spiro atoms. The van der Waals surface area contributed by atoms with Crippen molar-refractivity contribution in [2.24, 2.45) is 11.1 Å². The Morgan fingerprint density at radius 1 is 1.50 bits per heavy atom. The van der Waals surface area contributed by atoms with Crippen LogP contribution in [0.5, 0.6) is 5.75 Å². The molecule has 108 valence electrons. The first-order valence-corrected chi connectivity index (χ1v) is 7.83. The van der Waals surface area contributed by atoms with E-state index in [2.05, 4.69) is 20.9 Å². The van der Waals surface area contributed by atoms with Gasteiger partial charge in [0.05, 0.1) is 18.0 Å². The monoisotopic (exact) mass is 338 g/mol. The van der Waals surface area contributed by atoms with Crippen LogP contribution in [-0.2, 0) is 9.12 Å². The molecule has 0 bridgehead atoms. The number of carbonyl (C=O) groups excluding carboxylic acids is 1. The van der Waals surface area contributed by atoms with Crippen LogP contribution in [0.1, 0.15) is 44.7 Å². The maximum atomic E-state index is 11.4. The number of nitrogens with zero attached hydrogens (tertiary/aromatic N) is 1. The predicted octanol–water partition coefficient (Wildman–Crippen LogP) is 2.89. The lowest BCUT2D eigenvalue weighted by Crippen LogP contribution is -2.48. The number of rotatable bonds is 4. The van der Waals surface area contributed by atoms with Crippen LogP contribution in [0, 0.1) is 5.41 Å². The lowest BCUT2D eigenvalue weighted by molar-refractivity contribution is -0.120. The maximum absolute atomic E-state index is 11.4. The molecule has 4 nitrogen and oxygen atoms in total. The van der Waals surface area contributed by atoms with Crippen LogP contribution in [0.3, 0.4) is 0 Å². The number of nitrogens with two attached hydrogens (primary N) is 1. The standard InChI is InChI=1S/C15H19BrN2O2/c1-14(16,13(17)19)12-4-3-10(9-18-12)20-11-7-15(8-11)5-2-6-15/h3-4,9,11H,2,5-8H2,1H3,(H2,17,19). The summed E-state index contributed by atoms with van der Waals surface area (Å²) in [5, 5.41) is 0. The molecule has 20 heavy (non-hydrogen) atoms. The summed E-state index contributed by atoms with van der Waals surface area (Å²) in [6, 6.07) is 3.64. The van der Waals surface area contributed by atoms with Crippen molar-refractivity contribution in [2.45, 2.75) is 49.5 Å². The number of alkyl halides is 1. The zero-order valence-corrected chi connectivity index (χ0v) is 13.1. The summed E-state index contributed by atoms with van der Waals surface area (Å²) < 4.78 is 4.98. The lowest BCUT2D eigenvalue weighted by Gasteiger charge is -2.53. The number of aromatic nitrogens is 1. The number of hydrogen-bond acceptors (Lipinski definition) is 3. The van der Waals surface area contributed by atoms with E-state index >= 15 is 0 Å². The van der Waals surface area contributed by atoms with Crippen LogP contribution in [0.25, 0.3) is 0 Å². The van der Waals surface area contributed by atoms with E-state index < -0.39 is 10.2 Å². The number of primary amides is 1. The highest BCUT2D eigenvalue weighted by Crippen LogP contribution is 2.56. The molecule has 0 saturated heterocycles. The van der Waals surface area contributed by atoms with E-state index in [1.807, 2.05) is 6.07 Å². The van der Waals surface area contributed by atoms with E-state index in [1.54, 1.807) is 19.2 Å². The largest absolute Gasteiger partial charge is 0.489 e. The van der Waals surface area contributed by atoms with Crippen molar-refractivity contribution in [2.75, 3.05) is 0 Å². The van der Waals surface area contributed by atoms with Gasteiger partial charge in [-0.25, -0.2) is 0 Å². The van der Waals surface area contributed by atoms with Gasteiger partial charge in [0, 0.05) is 0 Å². The lowest BCUT2D eigenvalue weighted by atomic mass is 9.55. The number of hydrogen-bond donors (Lipinski definition) is 1. The van der Waals surface area contributed by atoms with Crippen LogP contribution >= 0.6 is 15.9 Å². The van der Waals surface area contributed by atoms with Crippen molar-refractivity contribution in [1.29, 1.82) is 0 Å². The molecule has 1 aromatic heterocycles. The molecule has 1 unspecified atom stereocenters. The average Bonchev–Trinajstić information content (AvgIpc) is 2.31. The highest BCUT2D eigenvalue weighted by molar-refractivity contribution is 9.10. The van der Waals surface area contributed by atoms with Crippen LogP contribution in [0.2, 0.25) is 0 Å². The Morgan fingerprint density at radius 3 is 2.65 bits per heavy atom. The molecule has 2 aliphatic rings. The second-order valence-corrected chi connectivity index (χ2v) is 7.83. The van der Waals surface area contributed by atoms with Gasteiger partial charge in [-0.05, 0) is 50.2 Å². The molecular weight excluding hydrogens is 320 g/mol. The van der Waals surface area contributed by atoms with Gasteiger partial charge in [-0.15, -0.1) is 0 Å². The third kappa shape index (κ3) is 2.32. The maximum Gasteiger partial charge on any atom is 0.240 e. The predicted molar refractivity (Wildman–Crippen MR) is 79.6 cm³/mol. The molecular formula is C15H19BrN2O2. The number of ether oxygens (including phenoxy) is 1. The van der Waals surface area contributed by atoms with Gasteiger partial charge >= 0.3 is 0 Å². The number of pyridine rings is 1.